The molecule has 1 rings (SSSR count). The van der Waals surface area contributed by atoms with E-state index in [9.17, 15) is 4.79 Å². The van der Waals surface area contributed by atoms with Gasteiger partial charge in [-0.1, -0.05) is 0 Å². The summed E-state index contributed by atoms with van der Waals surface area (Å²) >= 11 is 0. The van der Waals surface area contributed by atoms with Crippen LogP contribution in [0, 0.1) is 0 Å². The van der Waals surface area contributed by atoms with Gasteiger partial charge in [0.1, 0.15) is 5.69 Å². The van der Waals surface area contributed by atoms with Gasteiger partial charge in [0.2, 0.25) is 0 Å². The molecule has 0 saturated carbocycles. The molecule has 0 aliphatic heterocycles. The molecule has 5 heteroatoms. The fourth-order valence-corrected chi connectivity index (χ4v) is 0.723. The van der Waals surface area contributed by atoms with E-state index < -0.39 is 0 Å². The van der Waals surface area contributed by atoms with Crippen molar-refractivity contribution in [1.29, 1.82) is 0 Å². The molecule has 10 heavy (non-hydrogen) atoms. The summed E-state index contributed by atoms with van der Waals surface area (Å²) in [6, 6.07) is 0. The topological polar surface area (TPSA) is 42.9 Å². The third-order valence-electron chi connectivity index (χ3n) is 1.22. The van der Waals surface area contributed by atoms with E-state index in [2.05, 4.69) is 9.97 Å². The van der Waals surface area contributed by atoms with E-state index in [1.807, 2.05) is 7.85 Å². The minimum Gasteiger partial charge on any atom is -0.296 e. The SMILES string of the molecule is Bc1cnc(C=O)c(B)n1. The van der Waals surface area contributed by atoms with Gasteiger partial charge in [-0.15, -0.1) is 0 Å². The molecule has 0 unspecified atom stereocenters. The zero-order valence-corrected chi connectivity index (χ0v) is 5.96. The number of carbonyl (C=O) groups is 1. The lowest BCUT2D eigenvalue weighted by molar-refractivity contribution is 0.112. The Morgan fingerprint density at radius 1 is 1.50 bits per heavy atom. The van der Waals surface area contributed by atoms with Crippen LogP contribution in [-0.2, 0) is 0 Å². The first-order valence-electron chi connectivity index (χ1n) is 2.99. The van der Waals surface area contributed by atoms with Crippen LogP contribution >= 0.6 is 0 Å². The Balaban J connectivity index is 3.19. The molecule has 1 aromatic rings. The van der Waals surface area contributed by atoms with Crippen molar-refractivity contribution in [1.82, 2.24) is 9.97 Å². The largest absolute Gasteiger partial charge is 0.296 e. The fourth-order valence-electron chi connectivity index (χ4n) is 0.723. The lowest BCUT2D eigenvalue weighted by atomic mass is 9.99. The molecule has 0 fully saturated rings. The molecule has 0 amide bonds. The van der Waals surface area contributed by atoms with Crippen molar-refractivity contribution < 1.29 is 4.79 Å². The first kappa shape index (κ1) is 6.99. The van der Waals surface area contributed by atoms with Crippen molar-refractivity contribution in [2.75, 3.05) is 0 Å². The maximum atomic E-state index is 10.2. The van der Waals surface area contributed by atoms with Crippen LogP contribution in [0.2, 0.25) is 0 Å². The van der Waals surface area contributed by atoms with Crippen LogP contribution in [-0.4, -0.2) is 31.9 Å². The summed E-state index contributed by atoms with van der Waals surface area (Å²) in [5, 5.41) is 0. The summed E-state index contributed by atoms with van der Waals surface area (Å²) in [5.74, 6) is 0. The molecule has 0 N–H and O–H groups in total. The summed E-state index contributed by atoms with van der Waals surface area (Å²) in [6.45, 7) is 0. The highest BCUT2D eigenvalue weighted by Gasteiger charge is 1.97. The smallest absolute Gasteiger partial charge is 0.169 e. The maximum Gasteiger partial charge on any atom is 0.169 e. The number of nitrogens with zero attached hydrogens (tertiary/aromatic N) is 2. The zero-order valence-electron chi connectivity index (χ0n) is 5.96. The molecule has 0 aliphatic carbocycles. The number of hydrogen-bond acceptors (Lipinski definition) is 3. The number of rotatable bonds is 1. The number of carbonyl (C=O) groups excluding carboxylic acids is 1. The average molecular weight is 132 g/mol. The second kappa shape index (κ2) is 2.64. The summed E-state index contributed by atoms with van der Waals surface area (Å²) in [4.78, 5) is 18.2. The van der Waals surface area contributed by atoms with Gasteiger partial charge in [0, 0.05) is 17.4 Å². The quantitative estimate of drug-likeness (QED) is 0.298. The second-order valence-electron chi connectivity index (χ2n) is 2.10. The van der Waals surface area contributed by atoms with Crippen LogP contribution in [0.25, 0.3) is 0 Å². The van der Waals surface area contributed by atoms with Gasteiger partial charge in [0.15, 0.2) is 22.0 Å². The highest BCUT2D eigenvalue weighted by molar-refractivity contribution is 6.36. The van der Waals surface area contributed by atoms with Crippen molar-refractivity contribution in [3.63, 3.8) is 0 Å². The minimum atomic E-state index is 0.422. The minimum absolute atomic E-state index is 0.422. The second-order valence-corrected chi connectivity index (χ2v) is 2.10. The number of aromatic nitrogens is 2. The third-order valence-corrected chi connectivity index (χ3v) is 1.22. The van der Waals surface area contributed by atoms with E-state index in [0.717, 1.165) is 5.59 Å². The molecule has 3 nitrogen and oxygen atoms in total. The van der Waals surface area contributed by atoms with E-state index >= 15 is 0 Å². The molecule has 0 radical (unpaired) electrons. The third kappa shape index (κ3) is 1.23. The highest BCUT2D eigenvalue weighted by atomic mass is 16.1. The molecule has 48 valence electrons. The van der Waals surface area contributed by atoms with Gasteiger partial charge >= 0.3 is 0 Å². The van der Waals surface area contributed by atoms with E-state index in [1.54, 1.807) is 14.0 Å². The Morgan fingerprint density at radius 2 is 2.20 bits per heavy atom. The Morgan fingerprint density at radius 3 is 2.70 bits per heavy atom. The van der Waals surface area contributed by atoms with Crippen molar-refractivity contribution >= 4 is 33.2 Å². The molecular formula is C5H6B2N2O. The summed E-state index contributed by atoms with van der Waals surface area (Å²) in [7, 11) is 3.61. The van der Waals surface area contributed by atoms with Gasteiger partial charge in [-0.3, -0.25) is 14.8 Å². The van der Waals surface area contributed by atoms with E-state index in [0.29, 0.717) is 17.6 Å². The van der Waals surface area contributed by atoms with Gasteiger partial charge in [-0.25, -0.2) is 0 Å². The molecule has 0 aliphatic rings. The van der Waals surface area contributed by atoms with Crippen LogP contribution in [0.4, 0.5) is 0 Å². The van der Waals surface area contributed by atoms with Gasteiger partial charge < -0.3 is 0 Å². The first-order valence-corrected chi connectivity index (χ1v) is 2.99. The van der Waals surface area contributed by atoms with Crippen LogP contribution in [0.5, 0.6) is 0 Å². The summed E-state index contributed by atoms with van der Waals surface area (Å²) in [5.41, 5.74) is 1.95. The van der Waals surface area contributed by atoms with Crippen LogP contribution in [0.1, 0.15) is 10.5 Å². The van der Waals surface area contributed by atoms with Crippen LogP contribution < -0.4 is 11.2 Å². The van der Waals surface area contributed by atoms with E-state index in [-0.39, 0.29) is 0 Å². The zero-order chi connectivity index (χ0) is 7.56. The molecule has 1 heterocycles. The molecule has 1 aromatic heterocycles. The van der Waals surface area contributed by atoms with Gasteiger partial charge in [0.05, 0.1) is 0 Å². The lowest BCUT2D eigenvalue weighted by Gasteiger charge is -1.96. The Labute approximate surface area is 60.7 Å². The normalized spacial score (nSPS) is 9.20. The predicted octanol–water partition coefficient (Wildman–Crippen LogP) is -3.19. The van der Waals surface area contributed by atoms with Crippen molar-refractivity contribution in [2.24, 2.45) is 0 Å². The van der Waals surface area contributed by atoms with Crippen molar-refractivity contribution in [3.05, 3.63) is 11.9 Å². The highest BCUT2D eigenvalue weighted by Crippen LogP contribution is 1.75. The Hall–Kier alpha value is -1.12. The maximum absolute atomic E-state index is 10.2. The van der Waals surface area contributed by atoms with Crippen LogP contribution in [0.3, 0.4) is 0 Å². The predicted molar refractivity (Wildman–Crippen MR) is 43.8 cm³/mol. The monoisotopic (exact) mass is 132 g/mol. The van der Waals surface area contributed by atoms with Gasteiger partial charge in [-0.05, 0) is 0 Å². The van der Waals surface area contributed by atoms with Crippen molar-refractivity contribution in [2.45, 2.75) is 0 Å². The van der Waals surface area contributed by atoms with Gasteiger partial charge in [0.25, 0.3) is 0 Å². The molecule has 0 bridgehead atoms. The molecule has 0 aromatic carbocycles. The lowest BCUT2D eigenvalue weighted by Crippen LogP contribution is -2.25. The summed E-state index contributed by atoms with van der Waals surface area (Å²) in [6.07, 6.45) is 2.29. The molecule has 0 saturated heterocycles. The summed E-state index contributed by atoms with van der Waals surface area (Å²) < 4.78 is 0. The van der Waals surface area contributed by atoms with Crippen LogP contribution in [0.15, 0.2) is 6.20 Å². The average Bonchev–Trinajstić information content (AvgIpc) is 1.88. The standard InChI is InChI=1S/C5H6B2N2O/c6-4-1-8-3(2-10)5(7)9-4/h1-2H,6-7H2. The molecule has 0 spiro atoms. The Kier molecular flexibility index (Phi) is 1.85. The fraction of sp³-hybridized carbons (Fsp3) is 0. The molecular weight excluding hydrogens is 126 g/mol. The molecule has 0 atom stereocenters. The van der Waals surface area contributed by atoms with Gasteiger partial charge in [-0.2, -0.15) is 0 Å². The Bertz CT molecular complexity index is 264. The number of hydrogen-bond donors (Lipinski definition) is 0. The van der Waals surface area contributed by atoms with E-state index in [1.165, 1.54) is 0 Å². The number of aldehydes is 1. The van der Waals surface area contributed by atoms with Crippen molar-refractivity contribution in [3.8, 4) is 0 Å². The van der Waals surface area contributed by atoms with E-state index in [4.69, 9.17) is 0 Å². The first-order chi connectivity index (χ1) is 4.74.